The van der Waals surface area contributed by atoms with Crippen LogP contribution in [-0.4, -0.2) is 46.3 Å². The SMILES string of the molecule is CCNC(=NCC1(c2ccccc2F)CC1)NCCNS(=O)(=O)CC.I. The summed E-state index contributed by atoms with van der Waals surface area (Å²) in [6, 6.07) is 6.87. The summed E-state index contributed by atoms with van der Waals surface area (Å²) in [6.07, 6.45) is 1.85. The first-order valence-electron chi connectivity index (χ1n) is 8.67. The van der Waals surface area contributed by atoms with Crippen LogP contribution in [0.15, 0.2) is 29.3 Å². The number of hydrogen-bond acceptors (Lipinski definition) is 3. The largest absolute Gasteiger partial charge is 0.357 e. The van der Waals surface area contributed by atoms with Crippen molar-refractivity contribution >= 4 is 40.0 Å². The van der Waals surface area contributed by atoms with Crippen LogP contribution >= 0.6 is 24.0 Å². The summed E-state index contributed by atoms with van der Waals surface area (Å²) < 4.78 is 39.4. The molecule has 26 heavy (non-hydrogen) atoms. The average Bonchev–Trinajstić information content (AvgIpc) is 3.38. The third-order valence-corrected chi connectivity index (χ3v) is 5.71. The molecule has 0 heterocycles. The minimum atomic E-state index is -3.19. The fraction of sp³-hybridized carbons (Fsp3) is 0.588. The molecule has 1 aliphatic rings. The molecule has 1 aromatic rings. The van der Waals surface area contributed by atoms with Crippen LogP contribution < -0.4 is 15.4 Å². The zero-order valence-electron chi connectivity index (χ0n) is 15.2. The number of sulfonamides is 1. The van der Waals surface area contributed by atoms with Gasteiger partial charge in [0, 0.05) is 25.0 Å². The predicted molar refractivity (Wildman–Crippen MR) is 114 cm³/mol. The summed E-state index contributed by atoms with van der Waals surface area (Å²) in [4.78, 5) is 4.57. The van der Waals surface area contributed by atoms with E-state index in [2.05, 4.69) is 20.3 Å². The van der Waals surface area contributed by atoms with Crippen molar-refractivity contribution in [3.8, 4) is 0 Å². The van der Waals surface area contributed by atoms with Gasteiger partial charge in [0.25, 0.3) is 0 Å². The standard InChI is InChI=1S/C17H27FN4O2S.HI/c1-3-19-16(20-11-12-22-25(23,24)4-2)21-13-17(9-10-17)14-7-5-6-8-15(14)18;/h5-8,22H,3-4,9-13H2,1-2H3,(H2,19,20,21);1H. The van der Waals surface area contributed by atoms with Gasteiger partial charge in [0.15, 0.2) is 5.96 Å². The van der Waals surface area contributed by atoms with Gasteiger partial charge in [0.05, 0.1) is 12.3 Å². The fourth-order valence-corrected chi connectivity index (χ4v) is 3.23. The summed E-state index contributed by atoms with van der Waals surface area (Å²) in [6.45, 7) is 5.47. The Morgan fingerprint density at radius 2 is 1.88 bits per heavy atom. The average molecular weight is 498 g/mol. The number of hydrogen-bond donors (Lipinski definition) is 3. The lowest BCUT2D eigenvalue weighted by atomic mass is 9.95. The van der Waals surface area contributed by atoms with E-state index in [1.807, 2.05) is 19.1 Å². The topological polar surface area (TPSA) is 82.6 Å². The molecule has 0 radical (unpaired) electrons. The Bertz CT molecular complexity index is 708. The highest BCUT2D eigenvalue weighted by molar-refractivity contribution is 14.0. The maximum Gasteiger partial charge on any atom is 0.211 e. The molecule has 0 aromatic heterocycles. The summed E-state index contributed by atoms with van der Waals surface area (Å²) >= 11 is 0. The van der Waals surface area contributed by atoms with Gasteiger partial charge in [-0.1, -0.05) is 18.2 Å². The third kappa shape index (κ3) is 6.66. The monoisotopic (exact) mass is 498 g/mol. The minimum absolute atomic E-state index is 0. The molecular weight excluding hydrogens is 470 g/mol. The number of halogens is 2. The number of nitrogens with one attached hydrogen (secondary N) is 3. The van der Waals surface area contributed by atoms with E-state index < -0.39 is 10.0 Å². The molecule has 1 saturated carbocycles. The van der Waals surface area contributed by atoms with Gasteiger partial charge in [-0.2, -0.15) is 0 Å². The molecule has 0 aliphatic heterocycles. The van der Waals surface area contributed by atoms with Crippen LogP contribution in [0, 0.1) is 5.82 Å². The van der Waals surface area contributed by atoms with E-state index in [-0.39, 0.29) is 41.0 Å². The molecule has 9 heteroatoms. The number of rotatable bonds is 9. The van der Waals surface area contributed by atoms with E-state index in [4.69, 9.17) is 0 Å². The summed E-state index contributed by atoms with van der Waals surface area (Å²) in [5.41, 5.74) is 0.516. The first-order valence-corrected chi connectivity index (χ1v) is 10.3. The fourth-order valence-electron chi connectivity index (χ4n) is 2.62. The van der Waals surface area contributed by atoms with Crippen LogP contribution in [0.1, 0.15) is 32.3 Å². The van der Waals surface area contributed by atoms with Crippen molar-refractivity contribution in [2.24, 2.45) is 4.99 Å². The van der Waals surface area contributed by atoms with Crippen molar-refractivity contribution in [1.29, 1.82) is 0 Å². The molecule has 0 amide bonds. The molecule has 6 nitrogen and oxygen atoms in total. The Hall–Kier alpha value is -0.940. The van der Waals surface area contributed by atoms with Crippen molar-refractivity contribution < 1.29 is 12.8 Å². The normalized spacial score (nSPS) is 15.9. The predicted octanol–water partition coefficient (Wildman–Crippen LogP) is 1.97. The van der Waals surface area contributed by atoms with Gasteiger partial charge in [-0.05, 0) is 38.3 Å². The molecule has 0 bridgehead atoms. The first-order chi connectivity index (χ1) is 11.9. The molecule has 1 aliphatic carbocycles. The van der Waals surface area contributed by atoms with Crippen molar-refractivity contribution in [2.45, 2.75) is 32.1 Å². The molecule has 0 saturated heterocycles. The Balaban J connectivity index is 0.00000338. The van der Waals surface area contributed by atoms with Crippen molar-refractivity contribution in [1.82, 2.24) is 15.4 Å². The second-order valence-electron chi connectivity index (χ2n) is 6.18. The lowest BCUT2D eigenvalue weighted by Gasteiger charge is -2.16. The van der Waals surface area contributed by atoms with E-state index in [1.54, 1.807) is 13.0 Å². The van der Waals surface area contributed by atoms with Gasteiger partial charge in [-0.25, -0.2) is 17.5 Å². The molecule has 0 spiro atoms. The molecule has 0 unspecified atom stereocenters. The summed E-state index contributed by atoms with van der Waals surface area (Å²) in [7, 11) is -3.19. The Kier molecular flexibility index (Phi) is 9.25. The van der Waals surface area contributed by atoms with Gasteiger partial charge in [0.2, 0.25) is 10.0 Å². The van der Waals surface area contributed by atoms with Crippen molar-refractivity contribution in [3.05, 3.63) is 35.6 Å². The molecule has 1 aromatic carbocycles. The van der Waals surface area contributed by atoms with Crippen LogP contribution in [0.3, 0.4) is 0 Å². The number of benzene rings is 1. The second-order valence-corrected chi connectivity index (χ2v) is 8.28. The number of aliphatic imine (C=N–C) groups is 1. The van der Waals surface area contributed by atoms with Gasteiger partial charge >= 0.3 is 0 Å². The van der Waals surface area contributed by atoms with Crippen LogP contribution in [0.25, 0.3) is 0 Å². The van der Waals surface area contributed by atoms with Crippen LogP contribution in [0.2, 0.25) is 0 Å². The lowest BCUT2D eigenvalue weighted by Crippen LogP contribution is -2.42. The quantitative estimate of drug-likeness (QED) is 0.211. The van der Waals surface area contributed by atoms with Crippen molar-refractivity contribution in [2.75, 3.05) is 31.9 Å². The highest BCUT2D eigenvalue weighted by Crippen LogP contribution is 2.49. The van der Waals surface area contributed by atoms with Gasteiger partial charge < -0.3 is 10.6 Å². The molecule has 2 rings (SSSR count). The minimum Gasteiger partial charge on any atom is -0.357 e. The van der Waals surface area contributed by atoms with E-state index in [0.29, 0.717) is 32.1 Å². The molecule has 1 fully saturated rings. The summed E-state index contributed by atoms with van der Waals surface area (Å²) in [5, 5.41) is 6.23. The van der Waals surface area contributed by atoms with E-state index in [0.717, 1.165) is 18.4 Å². The second kappa shape index (κ2) is 10.4. The third-order valence-electron chi connectivity index (χ3n) is 4.30. The van der Waals surface area contributed by atoms with Crippen LogP contribution in [-0.2, 0) is 15.4 Å². The molecular formula is C17H28FIN4O2S. The zero-order valence-corrected chi connectivity index (χ0v) is 18.4. The maximum atomic E-state index is 14.0. The number of nitrogens with zero attached hydrogens (tertiary/aromatic N) is 1. The van der Waals surface area contributed by atoms with Gasteiger partial charge in [0.1, 0.15) is 5.82 Å². The first kappa shape index (κ1) is 23.1. The highest BCUT2D eigenvalue weighted by atomic mass is 127. The summed E-state index contributed by atoms with van der Waals surface area (Å²) in [5.74, 6) is 0.495. The maximum absolute atomic E-state index is 14.0. The zero-order chi connectivity index (χ0) is 18.3. The Labute approximate surface area is 172 Å². The van der Waals surface area contributed by atoms with E-state index in [9.17, 15) is 12.8 Å². The van der Waals surface area contributed by atoms with E-state index >= 15 is 0 Å². The smallest absolute Gasteiger partial charge is 0.211 e. The molecule has 148 valence electrons. The van der Waals surface area contributed by atoms with Crippen molar-refractivity contribution in [3.63, 3.8) is 0 Å². The molecule has 3 N–H and O–H groups in total. The highest BCUT2D eigenvalue weighted by Gasteiger charge is 2.45. The Morgan fingerprint density at radius 1 is 1.19 bits per heavy atom. The Morgan fingerprint density at radius 3 is 2.46 bits per heavy atom. The lowest BCUT2D eigenvalue weighted by molar-refractivity contribution is 0.572. The van der Waals surface area contributed by atoms with Gasteiger partial charge in [-0.15, -0.1) is 24.0 Å². The van der Waals surface area contributed by atoms with Gasteiger partial charge in [-0.3, -0.25) is 4.99 Å². The molecule has 0 atom stereocenters. The van der Waals surface area contributed by atoms with Crippen LogP contribution in [0.5, 0.6) is 0 Å². The number of guanidine groups is 1. The van der Waals surface area contributed by atoms with E-state index in [1.165, 1.54) is 6.07 Å². The van der Waals surface area contributed by atoms with Crippen LogP contribution in [0.4, 0.5) is 4.39 Å².